The topological polar surface area (TPSA) is 76.1 Å². The molecule has 1 aliphatic rings. The lowest BCUT2D eigenvalue weighted by atomic mass is 9.84. The third-order valence-corrected chi connectivity index (χ3v) is 7.15. The van der Waals surface area contributed by atoms with Gasteiger partial charge in [0.2, 0.25) is 0 Å². The number of carbonyl (C=O) groups excluding carboxylic acids is 2. The van der Waals surface area contributed by atoms with Crippen LogP contribution in [0.2, 0.25) is 0 Å². The average Bonchev–Trinajstić information content (AvgIpc) is 3.17. The van der Waals surface area contributed by atoms with Crippen LogP contribution in [0, 0.1) is 6.92 Å². The Kier molecular flexibility index (Phi) is 7.36. The molecule has 3 aromatic carbocycles. The lowest BCUT2D eigenvalue weighted by Gasteiger charge is -2.26. The molecule has 0 bridgehead atoms. The van der Waals surface area contributed by atoms with Gasteiger partial charge in [0.1, 0.15) is 5.76 Å². The van der Waals surface area contributed by atoms with Gasteiger partial charge in [-0.15, -0.1) is 0 Å². The van der Waals surface area contributed by atoms with Gasteiger partial charge in [-0.1, -0.05) is 64.1 Å². The highest BCUT2D eigenvalue weighted by molar-refractivity contribution is 6.51. The van der Waals surface area contributed by atoms with Gasteiger partial charge in [-0.05, 0) is 59.2 Å². The van der Waals surface area contributed by atoms with E-state index in [1.165, 1.54) is 19.1 Å². The van der Waals surface area contributed by atoms with Gasteiger partial charge in [-0.3, -0.25) is 14.5 Å². The summed E-state index contributed by atoms with van der Waals surface area (Å²) in [4.78, 5) is 28.6. The Morgan fingerprint density at radius 3 is 2.16 bits per heavy atom. The van der Waals surface area contributed by atoms with Crippen molar-refractivity contribution in [1.82, 2.24) is 0 Å². The first kappa shape index (κ1) is 27.0. The molecule has 1 unspecified atom stereocenters. The van der Waals surface area contributed by atoms with E-state index in [4.69, 9.17) is 9.47 Å². The summed E-state index contributed by atoms with van der Waals surface area (Å²) in [5, 5.41) is 11.7. The maximum atomic E-state index is 13.6. The second kappa shape index (κ2) is 10.4. The maximum absolute atomic E-state index is 13.6. The molecule has 0 radical (unpaired) electrons. The van der Waals surface area contributed by atoms with Crippen LogP contribution in [0.25, 0.3) is 5.76 Å². The molecule has 198 valence electrons. The summed E-state index contributed by atoms with van der Waals surface area (Å²) in [7, 11) is 3.05. The van der Waals surface area contributed by atoms with Crippen LogP contribution in [-0.4, -0.2) is 31.0 Å². The van der Waals surface area contributed by atoms with Crippen molar-refractivity contribution >= 4 is 23.1 Å². The zero-order chi connectivity index (χ0) is 27.8. The van der Waals surface area contributed by atoms with Crippen molar-refractivity contribution in [3.8, 4) is 11.5 Å². The zero-order valence-corrected chi connectivity index (χ0v) is 23.1. The molecule has 6 heteroatoms. The smallest absolute Gasteiger partial charge is 0.300 e. The monoisotopic (exact) mass is 513 g/mol. The van der Waals surface area contributed by atoms with Gasteiger partial charge in [-0.2, -0.15) is 0 Å². The number of amides is 1. The van der Waals surface area contributed by atoms with E-state index in [2.05, 4.69) is 27.7 Å². The second-order valence-electron chi connectivity index (χ2n) is 10.6. The van der Waals surface area contributed by atoms with Crippen LogP contribution in [0.15, 0.2) is 66.2 Å². The van der Waals surface area contributed by atoms with Crippen molar-refractivity contribution < 1.29 is 24.2 Å². The molecule has 1 fully saturated rings. The molecule has 4 rings (SSSR count). The quantitative estimate of drug-likeness (QED) is 0.231. The number of aliphatic hydroxyl groups is 1. The Balaban J connectivity index is 1.98. The largest absolute Gasteiger partial charge is 0.507 e. The van der Waals surface area contributed by atoms with Crippen LogP contribution >= 0.6 is 0 Å². The molecule has 3 aromatic rings. The van der Waals surface area contributed by atoms with Crippen LogP contribution in [0.3, 0.4) is 0 Å². The van der Waals surface area contributed by atoms with E-state index in [1.54, 1.807) is 18.2 Å². The first-order valence-corrected chi connectivity index (χ1v) is 12.7. The summed E-state index contributed by atoms with van der Waals surface area (Å²) >= 11 is 0. The highest BCUT2D eigenvalue weighted by Gasteiger charge is 2.47. The molecule has 0 aliphatic carbocycles. The Bertz CT molecular complexity index is 1410. The molecule has 1 heterocycles. The number of carbonyl (C=O) groups is 2. The summed E-state index contributed by atoms with van der Waals surface area (Å²) in [6.07, 6.45) is 0.856. The van der Waals surface area contributed by atoms with Crippen molar-refractivity contribution in [1.29, 1.82) is 0 Å². The Morgan fingerprint density at radius 2 is 1.58 bits per heavy atom. The number of ether oxygens (including phenoxy) is 2. The van der Waals surface area contributed by atoms with Gasteiger partial charge in [0.25, 0.3) is 11.7 Å². The van der Waals surface area contributed by atoms with Crippen molar-refractivity contribution in [2.24, 2.45) is 0 Å². The molecule has 1 N–H and O–H groups in total. The lowest BCUT2D eigenvalue weighted by Crippen LogP contribution is -2.29. The Morgan fingerprint density at radius 1 is 0.921 bits per heavy atom. The molecule has 38 heavy (non-hydrogen) atoms. The van der Waals surface area contributed by atoms with Gasteiger partial charge in [0.05, 0.1) is 25.8 Å². The van der Waals surface area contributed by atoms with Crippen molar-refractivity contribution in [2.45, 2.75) is 52.5 Å². The molecule has 1 amide bonds. The predicted molar refractivity (Wildman–Crippen MR) is 150 cm³/mol. The van der Waals surface area contributed by atoms with E-state index in [0.29, 0.717) is 22.7 Å². The number of methoxy groups -OCH3 is 2. The van der Waals surface area contributed by atoms with Crippen LogP contribution in [-0.2, 0) is 21.4 Å². The van der Waals surface area contributed by atoms with Crippen LogP contribution in [0.4, 0.5) is 5.69 Å². The normalized spacial score (nSPS) is 17.1. The number of anilines is 1. The predicted octanol–water partition coefficient (Wildman–Crippen LogP) is 6.50. The molecule has 1 aliphatic heterocycles. The van der Waals surface area contributed by atoms with E-state index in [0.717, 1.165) is 28.7 Å². The highest BCUT2D eigenvalue weighted by atomic mass is 16.5. The van der Waals surface area contributed by atoms with Crippen molar-refractivity contribution in [3.63, 3.8) is 0 Å². The molecule has 0 aromatic heterocycles. The van der Waals surface area contributed by atoms with Gasteiger partial charge in [0, 0.05) is 17.3 Å². The Labute approximate surface area is 224 Å². The number of aryl methyl sites for hydroxylation is 2. The minimum atomic E-state index is -0.822. The van der Waals surface area contributed by atoms with E-state index < -0.39 is 17.7 Å². The number of ketones is 1. The number of Topliss-reactive ketones (excluding diaryl/α,β-unsaturated/α-hetero) is 1. The summed E-state index contributed by atoms with van der Waals surface area (Å²) in [6.45, 7) is 10.2. The summed E-state index contributed by atoms with van der Waals surface area (Å²) in [5.74, 6) is -0.693. The van der Waals surface area contributed by atoms with Gasteiger partial charge in [0.15, 0.2) is 11.5 Å². The van der Waals surface area contributed by atoms with E-state index in [-0.39, 0.29) is 16.7 Å². The lowest BCUT2D eigenvalue weighted by molar-refractivity contribution is -0.132. The van der Waals surface area contributed by atoms with Crippen LogP contribution in [0.1, 0.15) is 61.6 Å². The Hall–Kier alpha value is -4.06. The standard InChI is InChI=1S/C32H35NO5/c1-8-20-10-12-21(13-11-20)28-27(29(34)24-17-22(32(3,4)5)14-9-19(24)2)30(35)31(36)33(28)23-15-16-25(37-6)26(18-23)38-7/h9-18,28,34H,8H2,1-7H3/b29-27+. The van der Waals surface area contributed by atoms with E-state index in [9.17, 15) is 14.7 Å². The average molecular weight is 514 g/mol. The molecule has 0 saturated carbocycles. The van der Waals surface area contributed by atoms with Crippen molar-refractivity contribution in [2.75, 3.05) is 19.1 Å². The third kappa shape index (κ3) is 4.78. The number of hydrogen-bond donors (Lipinski definition) is 1. The van der Waals surface area contributed by atoms with E-state index in [1.807, 2.05) is 49.4 Å². The fourth-order valence-electron chi connectivity index (χ4n) is 4.81. The van der Waals surface area contributed by atoms with Crippen LogP contribution < -0.4 is 14.4 Å². The minimum absolute atomic E-state index is 0.0585. The molecule has 1 saturated heterocycles. The molecular formula is C32H35NO5. The summed E-state index contributed by atoms with van der Waals surface area (Å²) in [5.41, 5.74) is 4.59. The fourth-order valence-corrected chi connectivity index (χ4v) is 4.81. The number of nitrogens with zero attached hydrogens (tertiary/aromatic N) is 1. The summed E-state index contributed by atoms with van der Waals surface area (Å²) in [6, 6.07) is 17.9. The van der Waals surface area contributed by atoms with Gasteiger partial charge in [-0.25, -0.2) is 0 Å². The fraction of sp³-hybridized carbons (Fsp3) is 0.312. The number of rotatable bonds is 6. The summed E-state index contributed by atoms with van der Waals surface area (Å²) < 4.78 is 10.8. The molecule has 6 nitrogen and oxygen atoms in total. The number of benzene rings is 3. The van der Waals surface area contributed by atoms with E-state index >= 15 is 0 Å². The first-order valence-electron chi connectivity index (χ1n) is 12.7. The molecule has 1 atom stereocenters. The second-order valence-corrected chi connectivity index (χ2v) is 10.6. The number of hydrogen-bond acceptors (Lipinski definition) is 5. The van der Waals surface area contributed by atoms with Gasteiger partial charge >= 0.3 is 0 Å². The number of aliphatic hydroxyl groups excluding tert-OH is 1. The SMILES string of the molecule is CCc1ccc(C2/C(=C(\O)c3cc(C(C)(C)C)ccc3C)C(=O)C(=O)N2c2ccc(OC)c(OC)c2)cc1. The maximum Gasteiger partial charge on any atom is 0.300 e. The third-order valence-electron chi connectivity index (χ3n) is 7.15. The first-order chi connectivity index (χ1) is 18.0. The van der Waals surface area contributed by atoms with Crippen molar-refractivity contribution in [3.05, 3.63) is 94.1 Å². The van der Waals surface area contributed by atoms with Gasteiger partial charge < -0.3 is 14.6 Å². The molecular weight excluding hydrogens is 478 g/mol. The van der Waals surface area contributed by atoms with Crippen LogP contribution in [0.5, 0.6) is 11.5 Å². The zero-order valence-electron chi connectivity index (χ0n) is 23.1. The highest BCUT2D eigenvalue weighted by Crippen LogP contribution is 2.44. The molecule has 0 spiro atoms. The minimum Gasteiger partial charge on any atom is -0.507 e.